The highest BCUT2D eigenvalue weighted by Crippen LogP contribution is 2.26. The lowest BCUT2D eigenvalue weighted by Gasteiger charge is -2.33. The first-order valence-corrected chi connectivity index (χ1v) is 12.4. The number of imidazole rings is 1. The summed E-state index contributed by atoms with van der Waals surface area (Å²) in [5.74, 6) is 0.553. The third kappa shape index (κ3) is 3.98. The minimum atomic E-state index is -3.50. The molecule has 2 aliphatic heterocycles. The van der Waals surface area contributed by atoms with Gasteiger partial charge >= 0.3 is 0 Å². The molecule has 0 spiro atoms. The van der Waals surface area contributed by atoms with E-state index in [4.69, 9.17) is 10.7 Å². The highest BCUT2D eigenvalue weighted by Gasteiger charge is 2.29. The number of carbonyl (C=O) groups excluding carboxylic acids is 1. The molecule has 2 saturated heterocycles. The summed E-state index contributed by atoms with van der Waals surface area (Å²) in [4.78, 5) is 19.1. The van der Waals surface area contributed by atoms with Gasteiger partial charge in [-0.1, -0.05) is 12.8 Å². The van der Waals surface area contributed by atoms with Crippen molar-refractivity contribution >= 4 is 27.0 Å². The Hall–Kier alpha value is -1.97. The van der Waals surface area contributed by atoms with Gasteiger partial charge in [-0.15, -0.1) is 0 Å². The van der Waals surface area contributed by atoms with Gasteiger partial charge in [0, 0.05) is 19.6 Å². The molecule has 0 radical (unpaired) electrons. The number of hydrogen-bond donors (Lipinski definition) is 1. The van der Waals surface area contributed by atoms with Crippen LogP contribution in [0.3, 0.4) is 0 Å². The molecule has 2 aliphatic rings. The first kappa shape index (κ1) is 21.3. The molecule has 2 aromatic rings. The number of hydrogen-bond acceptors (Lipinski definition) is 5. The minimum Gasteiger partial charge on any atom is -0.368 e. The van der Waals surface area contributed by atoms with Crippen molar-refractivity contribution in [2.75, 3.05) is 19.6 Å². The summed E-state index contributed by atoms with van der Waals surface area (Å²) >= 11 is 0. The third-order valence-corrected chi connectivity index (χ3v) is 8.25. The second-order valence-electron chi connectivity index (χ2n) is 8.27. The maximum Gasteiger partial charge on any atom is 0.243 e. The second kappa shape index (κ2) is 8.64. The fourth-order valence-electron chi connectivity index (χ4n) is 4.73. The molecule has 2 fully saturated rings. The number of likely N-dealkylation sites (tertiary alicyclic amines) is 1. The van der Waals surface area contributed by atoms with E-state index in [1.807, 2.05) is 13.0 Å². The molecule has 1 unspecified atom stereocenters. The molecule has 1 amide bonds. The van der Waals surface area contributed by atoms with E-state index in [1.54, 1.807) is 16.4 Å². The molecule has 8 nitrogen and oxygen atoms in total. The number of aromatic nitrogens is 2. The van der Waals surface area contributed by atoms with Crippen molar-refractivity contribution in [3.63, 3.8) is 0 Å². The summed E-state index contributed by atoms with van der Waals surface area (Å²) < 4.78 is 29.8. The van der Waals surface area contributed by atoms with Gasteiger partial charge in [0.15, 0.2) is 0 Å². The summed E-state index contributed by atoms with van der Waals surface area (Å²) in [5.41, 5.74) is 7.21. The molecule has 1 atom stereocenters. The predicted molar refractivity (Wildman–Crippen MR) is 115 cm³/mol. The SMILES string of the molecule is CCn1c(CN2CCCCC2C(N)=O)nc2cc(S(=O)(=O)N3CCCCC3)ccc21. The zero-order chi connectivity index (χ0) is 21.3. The van der Waals surface area contributed by atoms with Crippen LogP contribution >= 0.6 is 0 Å². The van der Waals surface area contributed by atoms with Crippen LogP contribution in [0.2, 0.25) is 0 Å². The Bertz CT molecular complexity index is 1030. The molecular formula is C21H31N5O3S. The highest BCUT2D eigenvalue weighted by atomic mass is 32.2. The molecule has 3 heterocycles. The quantitative estimate of drug-likeness (QED) is 0.751. The van der Waals surface area contributed by atoms with E-state index >= 15 is 0 Å². The zero-order valence-corrected chi connectivity index (χ0v) is 18.4. The van der Waals surface area contributed by atoms with Gasteiger partial charge in [0.25, 0.3) is 0 Å². The van der Waals surface area contributed by atoms with Crippen LogP contribution in [0, 0.1) is 0 Å². The Morgan fingerprint density at radius 2 is 1.87 bits per heavy atom. The number of sulfonamides is 1. The first-order valence-electron chi connectivity index (χ1n) is 10.9. The van der Waals surface area contributed by atoms with Crippen molar-refractivity contribution < 1.29 is 13.2 Å². The van der Waals surface area contributed by atoms with Gasteiger partial charge in [0.05, 0.1) is 28.5 Å². The number of benzene rings is 1. The molecule has 0 saturated carbocycles. The van der Waals surface area contributed by atoms with Gasteiger partial charge in [0.1, 0.15) is 5.82 Å². The van der Waals surface area contributed by atoms with Crippen LogP contribution in [0.25, 0.3) is 11.0 Å². The smallest absolute Gasteiger partial charge is 0.243 e. The summed E-state index contributed by atoms with van der Waals surface area (Å²) in [6, 6.07) is 4.97. The van der Waals surface area contributed by atoms with Crippen molar-refractivity contribution in [2.45, 2.75) is 69.5 Å². The van der Waals surface area contributed by atoms with Crippen LogP contribution in [-0.2, 0) is 27.9 Å². The van der Waals surface area contributed by atoms with Gasteiger partial charge in [-0.3, -0.25) is 9.69 Å². The minimum absolute atomic E-state index is 0.265. The standard InChI is InChI=1S/C21H31N5O3S/c1-2-26-18-10-9-16(30(28,29)25-12-5-3-6-13-25)14-17(18)23-20(26)15-24-11-7-4-8-19(24)21(22)27/h9-10,14,19H,2-8,11-13,15H2,1H3,(H2,22,27). The summed E-state index contributed by atoms with van der Waals surface area (Å²) in [6.45, 7) is 5.28. The van der Waals surface area contributed by atoms with Crippen LogP contribution in [-0.4, -0.2) is 58.8 Å². The Balaban J connectivity index is 1.66. The fourth-order valence-corrected chi connectivity index (χ4v) is 6.27. The average Bonchev–Trinajstić information content (AvgIpc) is 3.10. The second-order valence-corrected chi connectivity index (χ2v) is 10.2. The lowest BCUT2D eigenvalue weighted by molar-refractivity contribution is -0.124. The van der Waals surface area contributed by atoms with Crippen LogP contribution in [0.1, 0.15) is 51.3 Å². The predicted octanol–water partition coefficient (Wildman–Crippen LogP) is 2.07. The van der Waals surface area contributed by atoms with Gasteiger partial charge in [-0.05, 0) is 57.4 Å². The van der Waals surface area contributed by atoms with Gasteiger partial charge in [0.2, 0.25) is 15.9 Å². The lowest BCUT2D eigenvalue weighted by Crippen LogP contribution is -2.47. The third-order valence-electron chi connectivity index (χ3n) is 6.35. The molecule has 1 aromatic heterocycles. The molecule has 164 valence electrons. The number of nitrogens with zero attached hydrogens (tertiary/aromatic N) is 4. The number of nitrogens with two attached hydrogens (primary N) is 1. The normalized spacial score (nSPS) is 21.8. The van der Waals surface area contributed by atoms with E-state index in [-0.39, 0.29) is 11.9 Å². The number of aryl methyl sites for hydroxylation is 1. The maximum atomic E-state index is 13.1. The maximum absolute atomic E-state index is 13.1. The van der Waals surface area contributed by atoms with Crippen molar-refractivity contribution in [2.24, 2.45) is 5.73 Å². The van der Waals surface area contributed by atoms with E-state index in [2.05, 4.69) is 9.47 Å². The lowest BCUT2D eigenvalue weighted by atomic mass is 10.0. The van der Waals surface area contributed by atoms with Gasteiger partial charge in [-0.2, -0.15) is 4.31 Å². The number of amides is 1. The van der Waals surface area contributed by atoms with Crippen LogP contribution in [0.15, 0.2) is 23.1 Å². The van der Waals surface area contributed by atoms with Gasteiger partial charge < -0.3 is 10.3 Å². The monoisotopic (exact) mass is 433 g/mol. The van der Waals surface area contributed by atoms with Gasteiger partial charge in [-0.25, -0.2) is 13.4 Å². The van der Waals surface area contributed by atoms with E-state index in [1.165, 1.54) is 0 Å². The van der Waals surface area contributed by atoms with Crippen LogP contribution in [0.4, 0.5) is 0 Å². The van der Waals surface area contributed by atoms with Crippen molar-refractivity contribution in [3.8, 4) is 0 Å². The summed E-state index contributed by atoms with van der Waals surface area (Å²) in [5, 5.41) is 0. The molecule has 9 heteroatoms. The van der Waals surface area contributed by atoms with Crippen molar-refractivity contribution in [1.82, 2.24) is 18.8 Å². The Morgan fingerprint density at radius 3 is 2.57 bits per heavy atom. The van der Waals surface area contributed by atoms with E-state index in [0.717, 1.165) is 63.0 Å². The molecule has 2 N–H and O–H groups in total. The highest BCUT2D eigenvalue weighted by molar-refractivity contribution is 7.89. The molecule has 30 heavy (non-hydrogen) atoms. The Labute approximate surface area is 178 Å². The largest absolute Gasteiger partial charge is 0.368 e. The van der Waals surface area contributed by atoms with E-state index < -0.39 is 10.0 Å². The number of primary amides is 1. The van der Waals surface area contributed by atoms with Crippen molar-refractivity contribution in [1.29, 1.82) is 0 Å². The number of fused-ring (bicyclic) bond motifs is 1. The van der Waals surface area contributed by atoms with Crippen LogP contribution in [0.5, 0.6) is 0 Å². The summed E-state index contributed by atoms with van der Waals surface area (Å²) in [7, 11) is -3.50. The number of carbonyl (C=O) groups is 1. The van der Waals surface area contributed by atoms with E-state index in [9.17, 15) is 13.2 Å². The number of piperidine rings is 2. The summed E-state index contributed by atoms with van der Waals surface area (Å²) in [6.07, 6.45) is 5.72. The molecule has 1 aromatic carbocycles. The molecule has 4 rings (SSSR count). The molecule has 0 bridgehead atoms. The van der Waals surface area contributed by atoms with Crippen LogP contribution < -0.4 is 5.73 Å². The Morgan fingerprint density at radius 1 is 1.13 bits per heavy atom. The topological polar surface area (TPSA) is 102 Å². The fraction of sp³-hybridized carbons (Fsp3) is 0.619. The van der Waals surface area contributed by atoms with Crippen molar-refractivity contribution in [3.05, 3.63) is 24.0 Å². The molecular weight excluding hydrogens is 402 g/mol. The average molecular weight is 434 g/mol. The first-order chi connectivity index (χ1) is 14.4. The Kier molecular flexibility index (Phi) is 6.13. The zero-order valence-electron chi connectivity index (χ0n) is 17.6. The molecule has 0 aliphatic carbocycles. The number of rotatable bonds is 6. The van der Waals surface area contributed by atoms with E-state index in [0.29, 0.717) is 30.0 Å².